The number of benzene rings is 1. The van der Waals surface area contributed by atoms with E-state index >= 15 is 0 Å². The second-order valence-corrected chi connectivity index (χ2v) is 3.47. The van der Waals surface area contributed by atoms with Crippen molar-refractivity contribution in [1.82, 2.24) is 0 Å². The minimum Gasteiger partial charge on any atom is -0.480 e. The van der Waals surface area contributed by atoms with Gasteiger partial charge in [0.15, 0.2) is 0 Å². The fourth-order valence-electron chi connectivity index (χ4n) is 1.23. The molecular formula is C11H14N2O2. The van der Waals surface area contributed by atoms with E-state index in [2.05, 4.69) is 0 Å². The smallest absolute Gasteiger partial charge is 0.320 e. The Labute approximate surface area is 88.2 Å². The highest BCUT2D eigenvalue weighted by Gasteiger charge is 2.11. The lowest BCUT2D eigenvalue weighted by molar-refractivity contribution is -0.138. The van der Waals surface area contributed by atoms with Crippen molar-refractivity contribution in [3.8, 4) is 0 Å². The quantitative estimate of drug-likeness (QED) is 0.643. The van der Waals surface area contributed by atoms with E-state index < -0.39 is 12.0 Å². The summed E-state index contributed by atoms with van der Waals surface area (Å²) in [4.78, 5) is 10.5. The highest BCUT2D eigenvalue weighted by Crippen LogP contribution is 2.07. The van der Waals surface area contributed by atoms with Crippen LogP contribution in [0.4, 0.5) is 0 Å². The summed E-state index contributed by atoms with van der Waals surface area (Å²) in [6, 6.07) is 6.34. The van der Waals surface area contributed by atoms with Crippen LogP contribution < -0.4 is 5.73 Å². The van der Waals surface area contributed by atoms with Crippen molar-refractivity contribution in [3.05, 3.63) is 35.4 Å². The summed E-state index contributed by atoms with van der Waals surface area (Å²) in [6.45, 7) is 1.71. The molecule has 0 heterocycles. The van der Waals surface area contributed by atoms with Crippen molar-refractivity contribution in [2.75, 3.05) is 0 Å². The van der Waals surface area contributed by atoms with Gasteiger partial charge in [-0.25, -0.2) is 0 Å². The topological polar surface area (TPSA) is 87.2 Å². The number of hydrogen-bond acceptors (Lipinski definition) is 3. The molecule has 0 bridgehead atoms. The largest absolute Gasteiger partial charge is 0.480 e. The molecule has 4 nitrogen and oxygen atoms in total. The van der Waals surface area contributed by atoms with Gasteiger partial charge in [0.1, 0.15) is 6.04 Å². The number of carbonyl (C=O) groups is 1. The van der Waals surface area contributed by atoms with Crippen molar-refractivity contribution in [2.45, 2.75) is 19.4 Å². The van der Waals surface area contributed by atoms with Crippen LogP contribution in [0.15, 0.2) is 24.3 Å². The zero-order chi connectivity index (χ0) is 11.4. The molecule has 0 aliphatic rings. The first-order chi connectivity index (χ1) is 7.00. The van der Waals surface area contributed by atoms with E-state index in [0.717, 1.165) is 11.1 Å². The van der Waals surface area contributed by atoms with E-state index in [4.69, 9.17) is 16.2 Å². The van der Waals surface area contributed by atoms with Crippen molar-refractivity contribution in [3.63, 3.8) is 0 Å². The predicted octanol–water partition coefficient (Wildman–Crippen LogP) is 1.03. The van der Waals surface area contributed by atoms with Crippen molar-refractivity contribution < 1.29 is 9.90 Å². The van der Waals surface area contributed by atoms with Gasteiger partial charge in [-0.05, 0) is 24.5 Å². The average molecular weight is 206 g/mol. The predicted molar refractivity (Wildman–Crippen MR) is 58.3 cm³/mol. The molecule has 0 radical (unpaired) electrons. The molecule has 1 aromatic rings. The number of carboxylic acid groups (broad SMARTS) is 1. The SMILES string of the molecule is CC(=N)c1ccc(CC(N)C(=O)O)cc1. The molecule has 0 aromatic heterocycles. The van der Waals surface area contributed by atoms with Crippen LogP contribution in [-0.4, -0.2) is 22.8 Å². The van der Waals surface area contributed by atoms with Crippen LogP contribution in [0.3, 0.4) is 0 Å². The Morgan fingerprint density at radius 3 is 2.40 bits per heavy atom. The van der Waals surface area contributed by atoms with E-state index in [1.165, 1.54) is 0 Å². The molecule has 0 aliphatic heterocycles. The fraction of sp³-hybridized carbons (Fsp3) is 0.273. The van der Waals surface area contributed by atoms with Gasteiger partial charge in [-0.1, -0.05) is 24.3 Å². The van der Waals surface area contributed by atoms with Crippen molar-refractivity contribution >= 4 is 11.7 Å². The van der Waals surface area contributed by atoms with Gasteiger partial charge >= 0.3 is 5.97 Å². The zero-order valence-corrected chi connectivity index (χ0v) is 8.53. The van der Waals surface area contributed by atoms with Gasteiger partial charge in [0.2, 0.25) is 0 Å². The third kappa shape index (κ3) is 3.18. The molecule has 0 saturated carbocycles. The maximum Gasteiger partial charge on any atom is 0.320 e. The summed E-state index contributed by atoms with van der Waals surface area (Å²) in [5.41, 5.74) is 7.60. The van der Waals surface area contributed by atoms with Gasteiger partial charge < -0.3 is 16.2 Å². The molecule has 1 rings (SSSR count). The first kappa shape index (κ1) is 11.4. The second-order valence-electron chi connectivity index (χ2n) is 3.47. The lowest BCUT2D eigenvalue weighted by atomic mass is 10.0. The minimum atomic E-state index is -0.998. The Balaban J connectivity index is 2.72. The molecule has 1 unspecified atom stereocenters. The number of rotatable bonds is 4. The molecular weight excluding hydrogens is 192 g/mol. The lowest BCUT2D eigenvalue weighted by Crippen LogP contribution is -2.32. The normalized spacial score (nSPS) is 12.1. The van der Waals surface area contributed by atoms with Crippen LogP contribution in [0.5, 0.6) is 0 Å². The maximum atomic E-state index is 10.5. The highest BCUT2D eigenvalue weighted by atomic mass is 16.4. The molecule has 4 N–H and O–H groups in total. The first-order valence-corrected chi connectivity index (χ1v) is 4.63. The summed E-state index contributed by atoms with van der Waals surface area (Å²) in [5, 5.41) is 16.0. The molecule has 0 aliphatic carbocycles. The van der Waals surface area contributed by atoms with Gasteiger partial charge in [-0.15, -0.1) is 0 Å². The summed E-state index contributed by atoms with van der Waals surface area (Å²) in [5.74, 6) is -0.998. The van der Waals surface area contributed by atoms with Crippen molar-refractivity contribution in [1.29, 1.82) is 5.41 Å². The Morgan fingerprint density at radius 1 is 1.47 bits per heavy atom. The molecule has 0 saturated heterocycles. The Kier molecular flexibility index (Phi) is 3.57. The van der Waals surface area contributed by atoms with Crippen LogP contribution in [0.25, 0.3) is 0 Å². The Morgan fingerprint density at radius 2 is 2.00 bits per heavy atom. The third-order valence-corrected chi connectivity index (χ3v) is 2.16. The number of nitrogens with one attached hydrogen (secondary N) is 1. The molecule has 0 fully saturated rings. The summed E-state index contributed by atoms with van der Waals surface area (Å²) >= 11 is 0. The summed E-state index contributed by atoms with van der Waals surface area (Å²) < 4.78 is 0. The average Bonchev–Trinajstić information content (AvgIpc) is 2.18. The summed E-state index contributed by atoms with van der Waals surface area (Å²) in [7, 11) is 0. The standard InChI is InChI=1S/C11H14N2O2/c1-7(12)9-4-2-8(3-5-9)6-10(13)11(14)15/h2-5,10,12H,6,13H2,1H3,(H,14,15). The van der Waals surface area contributed by atoms with E-state index in [9.17, 15) is 4.79 Å². The van der Waals surface area contributed by atoms with Crippen LogP contribution in [0.1, 0.15) is 18.1 Å². The molecule has 0 spiro atoms. The van der Waals surface area contributed by atoms with Gasteiger partial charge in [0, 0.05) is 5.71 Å². The molecule has 15 heavy (non-hydrogen) atoms. The maximum absolute atomic E-state index is 10.5. The molecule has 80 valence electrons. The monoisotopic (exact) mass is 206 g/mol. The Bertz CT molecular complexity index is 371. The lowest BCUT2D eigenvalue weighted by Gasteiger charge is -2.06. The van der Waals surface area contributed by atoms with Crippen LogP contribution in [0, 0.1) is 5.41 Å². The van der Waals surface area contributed by atoms with Gasteiger partial charge in [0.25, 0.3) is 0 Å². The number of hydrogen-bond donors (Lipinski definition) is 3. The first-order valence-electron chi connectivity index (χ1n) is 4.63. The van der Waals surface area contributed by atoms with Crippen LogP contribution in [0.2, 0.25) is 0 Å². The van der Waals surface area contributed by atoms with Crippen LogP contribution >= 0.6 is 0 Å². The Hall–Kier alpha value is -1.68. The summed E-state index contributed by atoms with van der Waals surface area (Å²) in [6.07, 6.45) is 0.312. The van der Waals surface area contributed by atoms with Crippen molar-refractivity contribution in [2.24, 2.45) is 5.73 Å². The van der Waals surface area contributed by atoms with E-state index in [-0.39, 0.29) is 0 Å². The fourth-order valence-corrected chi connectivity index (χ4v) is 1.23. The van der Waals surface area contributed by atoms with Gasteiger partial charge in [-0.2, -0.15) is 0 Å². The number of carboxylic acids is 1. The molecule has 0 amide bonds. The van der Waals surface area contributed by atoms with E-state index in [1.807, 2.05) is 0 Å². The van der Waals surface area contributed by atoms with Crippen LogP contribution in [-0.2, 0) is 11.2 Å². The third-order valence-electron chi connectivity index (χ3n) is 2.16. The number of aliphatic carboxylic acids is 1. The number of nitrogens with two attached hydrogens (primary N) is 1. The van der Waals surface area contributed by atoms with Gasteiger partial charge in [-0.3, -0.25) is 4.79 Å². The van der Waals surface area contributed by atoms with E-state index in [1.54, 1.807) is 31.2 Å². The molecule has 1 atom stereocenters. The van der Waals surface area contributed by atoms with E-state index in [0.29, 0.717) is 12.1 Å². The molecule has 4 heteroatoms. The molecule has 1 aromatic carbocycles. The second kappa shape index (κ2) is 4.70. The minimum absolute atomic E-state index is 0.312. The zero-order valence-electron chi connectivity index (χ0n) is 8.53. The highest BCUT2D eigenvalue weighted by molar-refractivity contribution is 5.96. The van der Waals surface area contributed by atoms with Gasteiger partial charge in [0.05, 0.1) is 0 Å².